The molecule has 1 rings (SSSR count). The average molecular weight is 320 g/mol. The topological polar surface area (TPSA) is 98.7 Å². The van der Waals surface area contributed by atoms with Crippen molar-refractivity contribution in [3.05, 3.63) is 30.3 Å². The van der Waals surface area contributed by atoms with E-state index in [2.05, 4.69) is 5.32 Å². The Hall–Kier alpha value is -2.13. The number of anilines is 1. The Morgan fingerprint density at radius 2 is 1.68 bits per heavy atom. The molecule has 9 heteroatoms. The van der Waals surface area contributed by atoms with E-state index in [1.165, 1.54) is 0 Å². The maximum absolute atomic E-state index is 12.1. The van der Waals surface area contributed by atoms with Crippen molar-refractivity contribution in [2.75, 3.05) is 11.9 Å². The van der Waals surface area contributed by atoms with Crippen molar-refractivity contribution in [2.24, 2.45) is 0 Å². The SMILES string of the molecule is O=C(CCCNC(=O)C(O)(O)C(F)(F)F)Nc1ccccc1. The molecule has 4 N–H and O–H groups in total. The van der Waals surface area contributed by atoms with Gasteiger partial charge in [0.05, 0.1) is 0 Å². The standard InChI is InChI=1S/C13H15F3N2O4/c14-13(15,16)12(21,22)11(20)17-8-4-7-10(19)18-9-5-2-1-3-6-9/h1-3,5-6,21-22H,4,7-8H2,(H,17,20)(H,18,19). The summed E-state index contributed by atoms with van der Waals surface area (Å²) >= 11 is 0. The zero-order chi connectivity index (χ0) is 16.8. The molecular formula is C13H15F3N2O4. The number of benzene rings is 1. The maximum Gasteiger partial charge on any atom is 0.453 e. The van der Waals surface area contributed by atoms with Crippen LogP contribution in [0.1, 0.15) is 12.8 Å². The fourth-order valence-corrected chi connectivity index (χ4v) is 1.45. The number of rotatable bonds is 6. The minimum atomic E-state index is -5.50. The van der Waals surface area contributed by atoms with E-state index in [-0.39, 0.29) is 25.3 Å². The molecule has 0 heterocycles. The van der Waals surface area contributed by atoms with Crippen molar-refractivity contribution in [3.63, 3.8) is 0 Å². The summed E-state index contributed by atoms with van der Waals surface area (Å²) in [4.78, 5) is 22.5. The van der Waals surface area contributed by atoms with E-state index < -0.39 is 17.9 Å². The zero-order valence-electron chi connectivity index (χ0n) is 11.4. The molecule has 0 aliphatic heterocycles. The Morgan fingerprint density at radius 3 is 2.23 bits per heavy atom. The quantitative estimate of drug-likeness (QED) is 0.459. The molecule has 1 aromatic carbocycles. The smallest absolute Gasteiger partial charge is 0.351 e. The molecule has 0 spiro atoms. The summed E-state index contributed by atoms with van der Waals surface area (Å²) in [6, 6.07) is 8.52. The van der Waals surface area contributed by atoms with Crippen LogP contribution in [0.3, 0.4) is 0 Å². The predicted octanol–water partition coefficient (Wildman–Crippen LogP) is 0.765. The molecule has 0 atom stereocenters. The van der Waals surface area contributed by atoms with Crippen LogP contribution in [0, 0.1) is 0 Å². The largest absolute Gasteiger partial charge is 0.453 e. The van der Waals surface area contributed by atoms with Gasteiger partial charge in [-0.05, 0) is 18.6 Å². The van der Waals surface area contributed by atoms with Gasteiger partial charge in [-0.1, -0.05) is 18.2 Å². The Labute approximate surface area is 123 Å². The van der Waals surface area contributed by atoms with Gasteiger partial charge < -0.3 is 20.8 Å². The summed E-state index contributed by atoms with van der Waals surface area (Å²) in [7, 11) is 0. The molecule has 0 unspecified atom stereocenters. The van der Waals surface area contributed by atoms with Gasteiger partial charge in [-0.15, -0.1) is 0 Å². The number of nitrogens with one attached hydrogen (secondary N) is 2. The Balaban J connectivity index is 2.31. The molecule has 0 aliphatic rings. The number of hydrogen-bond donors (Lipinski definition) is 4. The second-order valence-corrected chi connectivity index (χ2v) is 4.44. The molecule has 0 aliphatic carbocycles. The van der Waals surface area contributed by atoms with Crippen LogP contribution in [-0.2, 0) is 9.59 Å². The van der Waals surface area contributed by atoms with Gasteiger partial charge in [0, 0.05) is 18.7 Å². The second-order valence-electron chi connectivity index (χ2n) is 4.44. The van der Waals surface area contributed by atoms with Crippen LogP contribution < -0.4 is 10.6 Å². The number of carbonyl (C=O) groups excluding carboxylic acids is 2. The third-order valence-corrected chi connectivity index (χ3v) is 2.64. The van der Waals surface area contributed by atoms with E-state index in [4.69, 9.17) is 10.2 Å². The predicted molar refractivity (Wildman–Crippen MR) is 70.5 cm³/mol. The van der Waals surface area contributed by atoms with Gasteiger partial charge in [0.15, 0.2) is 0 Å². The molecule has 0 radical (unpaired) electrons. The number of amides is 2. The second kappa shape index (κ2) is 7.23. The van der Waals surface area contributed by atoms with Gasteiger partial charge in [0.2, 0.25) is 5.91 Å². The van der Waals surface area contributed by atoms with Crippen molar-refractivity contribution < 1.29 is 33.0 Å². The van der Waals surface area contributed by atoms with E-state index in [1.54, 1.807) is 35.6 Å². The van der Waals surface area contributed by atoms with Crippen LogP contribution in [0.25, 0.3) is 0 Å². The molecule has 6 nitrogen and oxygen atoms in total. The van der Waals surface area contributed by atoms with Crippen LogP contribution in [0.5, 0.6) is 0 Å². The summed E-state index contributed by atoms with van der Waals surface area (Å²) in [5.41, 5.74) is 0.568. The van der Waals surface area contributed by atoms with E-state index >= 15 is 0 Å². The molecule has 0 aromatic heterocycles. The van der Waals surface area contributed by atoms with Gasteiger partial charge in [-0.25, -0.2) is 0 Å². The normalized spacial score (nSPS) is 11.9. The first-order chi connectivity index (χ1) is 10.1. The molecule has 2 amide bonds. The van der Waals surface area contributed by atoms with Crippen molar-refractivity contribution in [1.29, 1.82) is 0 Å². The third-order valence-electron chi connectivity index (χ3n) is 2.64. The number of alkyl halides is 3. The van der Waals surface area contributed by atoms with Crippen LogP contribution >= 0.6 is 0 Å². The highest BCUT2D eigenvalue weighted by molar-refractivity contribution is 5.90. The van der Waals surface area contributed by atoms with E-state index in [9.17, 15) is 22.8 Å². The summed E-state index contributed by atoms with van der Waals surface area (Å²) in [6.07, 6.45) is -5.51. The van der Waals surface area contributed by atoms with Gasteiger partial charge in [0.25, 0.3) is 5.91 Å². The monoisotopic (exact) mass is 320 g/mol. The molecule has 0 bridgehead atoms. The van der Waals surface area contributed by atoms with Crippen molar-refractivity contribution in [1.82, 2.24) is 5.32 Å². The van der Waals surface area contributed by atoms with Gasteiger partial charge in [-0.2, -0.15) is 13.2 Å². The molecule has 1 aromatic rings. The first-order valence-electron chi connectivity index (χ1n) is 6.29. The molecule has 22 heavy (non-hydrogen) atoms. The molecule has 122 valence electrons. The van der Waals surface area contributed by atoms with Crippen LogP contribution in [0.15, 0.2) is 30.3 Å². The summed E-state index contributed by atoms with van der Waals surface area (Å²) in [5.74, 6) is -6.81. The third kappa shape index (κ3) is 5.01. The van der Waals surface area contributed by atoms with Crippen LogP contribution in [-0.4, -0.2) is 40.5 Å². The molecular weight excluding hydrogens is 305 g/mol. The van der Waals surface area contributed by atoms with E-state index in [1.807, 2.05) is 0 Å². The fourth-order valence-electron chi connectivity index (χ4n) is 1.45. The first-order valence-corrected chi connectivity index (χ1v) is 6.29. The van der Waals surface area contributed by atoms with Crippen LogP contribution in [0.4, 0.5) is 18.9 Å². The Kier molecular flexibility index (Phi) is 5.89. The lowest BCUT2D eigenvalue weighted by molar-refractivity contribution is -0.328. The number of halogens is 3. The van der Waals surface area contributed by atoms with E-state index in [0.717, 1.165) is 0 Å². The molecule has 0 saturated heterocycles. The van der Waals surface area contributed by atoms with Crippen molar-refractivity contribution in [2.45, 2.75) is 24.8 Å². The maximum atomic E-state index is 12.1. The van der Waals surface area contributed by atoms with Crippen molar-refractivity contribution in [3.8, 4) is 0 Å². The summed E-state index contributed by atoms with van der Waals surface area (Å²) < 4.78 is 36.4. The van der Waals surface area contributed by atoms with Crippen LogP contribution in [0.2, 0.25) is 0 Å². The van der Waals surface area contributed by atoms with Gasteiger partial charge >= 0.3 is 12.0 Å². The van der Waals surface area contributed by atoms with Crippen molar-refractivity contribution >= 4 is 17.5 Å². The highest BCUT2D eigenvalue weighted by Gasteiger charge is 2.58. The summed E-state index contributed by atoms with van der Waals surface area (Å²) in [6.45, 7) is -0.306. The lowest BCUT2D eigenvalue weighted by Crippen LogP contribution is -2.57. The minimum Gasteiger partial charge on any atom is -0.351 e. The Bertz CT molecular complexity index is 518. The minimum absolute atomic E-state index is 0.0400. The molecule has 0 saturated carbocycles. The van der Waals surface area contributed by atoms with Gasteiger partial charge in [-0.3, -0.25) is 9.59 Å². The fraction of sp³-hybridized carbons (Fsp3) is 0.385. The highest BCUT2D eigenvalue weighted by Crippen LogP contribution is 2.27. The van der Waals surface area contributed by atoms with Gasteiger partial charge in [0.1, 0.15) is 0 Å². The Morgan fingerprint density at radius 1 is 1.09 bits per heavy atom. The lowest BCUT2D eigenvalue weighted by atomic mass is 10.2. The highest BCUT2D eigenvalue weighted by atomic mass is 19.4. The zero-order valence-corrected chi connectivity index (χ0v) is 11.4. The first kappa shape index (κ1) is 17.9. The van der Waals surface area contributed by atoms with E-state index in [0.29, 0.717) is 5.69 Å². The molecule has 0 fully saturated rings. The number of aliphatic hydroxyl groups is 2. The summed E-state index contributed by atoms with van der Waals surface area (Å²) in [5, 5.41) is 21.6. The lowest BCUT2D eigenvalue weighted by Gasteiger charge is -2.22. The number of hydrogen-bond acceptors (Lipinski definition) is 4. The average Bonchev–Trinajstić information content (AvgIpc) is 2.43. The number of carbonyl (C=O) groups is 2. The number of para-hydroxylation sites is 1.